The number of rotatable bonds is 4. The fourth-order valence-corrected chi connectivity index (χ4v) is 3.34. The highest BCUT2D eigenvalue weighted by Gasteiger charge is 2.22. The Labute approximate surface area is 144 Å². The van der Waals surface area contributed by atoms with Crippen LogP contribution in [-0.2, 0) is 11.2 Å². The largest absolute Gasteiger partial charge is 0.306 e. The Balaban J connectivity index is 0.00000192. The lowest BCUT2D eigenvalue weighted by Gasteiger charge is -2.08. The van der Waals surface area contributed by atoms with Crippen molar-refractivity contribution in [1.29, 1.82) is 0 Å². The van der Waals surface area contributed by atoms with E-state index in [4.69, 9.17) is 0 Å². The van der Waals surface area contributed by atoms with E-state index in [-0.39, 0.29) is 30.2 Å². The zero-order valence-corrected chi connectivity index (χ0v) is 14.4. The molecule has 0 spiro atoms. The molecule has 4 nitrogen and oxygen atoms in total. The lowest BCUT2D eigenvalue weighted by Crippen LogP contribution is -2.35. The number of halogens is 2. The number of anilines is 1. The second-order valence-electron chi connectivity index (χ2n) is 5.53. The second-order valence-corrected chi connectivity index (χ2v) is 6.65. The van der Waals surface area contributed by atoms with Crippen molar-refractivity contribution in [2.45, 2.75) is 32.2 Å². The fourth-order valence-electron chi connectivity index (χ4n) is 2.50. The summed E-state index contributed by atoms with van der Waals surface area (Å²) in [6.07, 6.45) is 4.25. The van der Waals surface area contributed by atoms with Crippen molar-refractivity contribution in [1.82, 2.24) is 10.3 Å². The molecule has 1 aromatic carbocycles. The van der Waals surface area contributed by atoms with Crippen LogP contribution in [-0.4, -0.2) is 23.5 Å². The van der Waals surface area contributed by atoms with Crippen molar-refractivity contribution in [2.24, 2.45) is 0 Å². The molecule has 0 radical (unpaired) electrons. The normalized spacial score (nSPS) is 16.9. The van der Waals surface area contributed by atoms with Crippen LogP contribution in [0.25, 0.3) is 0 Å². The van der Waals surface area contributed by atoms with Gasteiger partial charge in [0.05, 0.1) is 6.04 Å². The molecular weight excluding hydrogens is 337 g/mol. The number of aryl methyl sites for hydroxylation is 1. The monoisotopic (exact) mass is 355 g/mol. The number of carbonyl (C=O) groups is 1. The molecule has 1 aliphatic rings. The maximum Gasteiger partial charge on any atom is 0.243 e. The van der Waals surface area contributed by atoms with Gasteiger partial charge >= 0.3 is 0 Å². The van der Waals surface area contributed by atoms with Crippen molar-refractivity contribution in [2.75, 3.05) is 11.9 Å². The van der Waals surface area contributed by atoms with E-state index < -0.39 is 0 Å². The fraction of sp³-hybridized carbons (Fsp3) is 0.375. The average Bonchev–Trinajstić information content (AvgIpc) is 3.15. The number of amides is 1. The van der Waals surface area contributed by atoms with Crippen molar-refractivity contribution < 1.29 is 9.18 Å². The Bertz CT molecular complexity index is 686. The smallest absolute Gasteiger partial charge is 0.243 e. The van der Waals surface area contributed by atoms with Gasteiger partial charge in [0.1, 0.15) is 5.82 Å². The summed E-state index contributed by atoms with van der Waals surface area (Å²) in [5, 5.41) is 6.60. The number of benzene rings is 1. The van der Waals surface area contributed by atoms with Gasteiger partial charge in [-0.2, -0.15) is 0 Å². The van der Waals surface area contributed by atoms with Crippen LogP contribution in [0.4, 0.5) is 9.52 Å². The number of hydrogen-bond donors (Lipinski definition) is 2. The Kier molecular flexibility index (Phi) is 6.10. The van der Waals surface area contributed by atoms with E-state index in [2.05, 4.69) is 15.6 Å². The summed E-state index contributed by atoms with van der Waals surface area (Å²) >= 11 is 1.43. The van der Waals surface area contributed by atoms with E-state index in [1.54, 1.807) is 25.3 Å². The first-order chi connectivity index (χ1) is 10.6. The van der Waals surface area contributed by atoms with Gasteiger partial charge < -0.3 is 10.6 Å². The lowest BCUT2D eigenvalue weighted by atomic mass is 10.1. The minimum Gasteiger partial charge on any atom is -0.306 e. The van der Waals surface area contributed by atoms with Gasteiger partial charge in [0.2, 0.25) is 5.91 Å². The van der Waals surface area contributed by atoms with Crippen molar-refractivity contribution in [3.8, 4) is 0 Å². The first-order valence-electron chi connectivity index (χ1n) is 7.36. The summed E-state index contributed by atoms with van der Waals surface area (Å²) in [7, 11) is 0. The Morgan fingerprint density at radius 3 is 3.04 bits per heavy atom. The van der Waals surface area contributed by atoms with Gasteiger partial charge in [-0.1, -0.05) is 12.1 Å². The van der Waals surface area contributed by atoms with Crippen LogP contribution in [0.1, 0.15) is 28.8 Å². The Morgan fingerprint density at radius 2 is 2.35 bits per heavy atom. The first-order valence-corrected chi connectivity index (χ1v) is 8.17. The molecule has 1 aromatic heterocycles. The minimum atomic E-state index is -0.192. The average molecular weight is 356 g/mol. The van der Waals surface area contributed by atoms with E-state index >= 15 is 0 Å². The third-order valence-electron chi connectivity index (χ3n) is 3.78. The van der Waals surface area contributed by atoms with Gasteiger partial charge in [-0.15, -0.1) is 23.7 Å². The lowest BCUT2D eigenvalue weighted by molar-refractivity contribution is -0.117. The summed E-state index contributed by atoms with van der Waals surface area (Å²) < 4.78 is 13.6. The van der Waals surface area contributed by atoms with Crippen LogP contribution < -0.4 is 10.6 Å². The third kappa shape index (κ3) is 4.50. The van der Waals surface area contributed by atoms with E-state index in [0.29, 0.717) is 17.1 Å². The summed E-state index contributed by atoms with van der Waals surface area (Å²) in [4.78, 5) is 17.2. The number of carbonyl (C=O) groups excluding carboxylic acids is 1. The second kappa shape index (κ2) is 7.86. The predicted molar refractivity (Wildman–Crippen MR) is 93.0 cm³/mol. The van der Waals surface area contributed by atoms with E-state index in [9.17, 15) is 9.18 Å². The number of nitrogens with zero attached hydrogens (tertiary/aromatic N) is 1. The molecule has 2 heterocycles. The van der Waals surface area contributed by atoms with Crippen LogP contribution >= 0.6 is 23.7 Å². The molecule has 2 aromatic rings. The zero-order valence-electron chi connectivity index (χ0n) is 12.8. The molecule has 124 valence electrons. The van der Waals surface area contributed by atoms with Crippen molar-refractivity contribution >= 4 is 34.8 Å². The van der Waals surface area contributed by atoms with Crippen molar-refractivity contribution in [3.05, 3.63) is 46.2 Å². The molecule has 7 heteroatoms. The summed E-state index contributed by atoms with van der Waals surface area (Å²) in [6, 6.07) is 5.13. The summed E-state index contributed by atoms with van der Waals surface area (Å²) in [5.74, 6) is -0.220. The molecular formula is C16H19ClFN3OS. The summed E-state index contributed by atoms with van der Waals surface area (Å²) in [5.41, 5.74) is 1.55. The molecule has 1 fully saturated rings. The molecule has 0 aliphatic carbocycles. The molecule has 0 saturated carbocycles. The number of aromatic nitrogens is 1. The molecule has 2 N–H and O–H groups in total. The molecule has 1 amide bonds. The van der Waals surface area contributed by atoms with Gasteiger partial charge in [-0.3, -0.25) is 4.79 Å². The van der Waals surface area contributed by atoms with E-state index in [0.717, 1.165) is 29.8 Å². The minimum absolute atomic E-state index is 0. The molecule has 23 heavy (non-hydrogen) atoms. The highest BCUT2D eigenvalue weighted by molar-refractivity contribution is 7.15. The standard InChI is InChI=1S/C16H18FN3OS.ClH/c1-10-4-5-11(8-13(10)17)7-12-9-19-16(22-12)20-15(21)14-3-2-6-18-14;/h4-5,8-9,14,18H,2-3,6-7H2,1H3,(H,19,20,21);1H. The maximum atomic E-state index is 13.6. The number of nitrogens with one attached hydrogen (secondary N) is 2. The van der Waals surface area contributed by atoms with E-state index in [1.165, 1.54) is 11.3 Å². The quantitative estimate of drug-likeness (QED) is 0.884. The topological polar surface area (TPSA) is 54.0 Å². The molecule has 1 aliphatic heterocycles. The summed E-state index contributed by atoms with van der Waals surface area (Å²) in [6.45, 7) is 2.64. The zero-order chi connectivity index (χ0) is 15.5. The van der Waals surface area contributed by atoms with Gasteiger partial charge in [0, 0.05) is 17.5 Å². The van der Waals surface area contributed by atoms with Crippen LogP contribution in [0, 0.1) is 12.7 Å². The van der Waals surface area contributed by atoms with Crippen LogP contribution in [0.2, 0.25) is 0 Å². The molecule has 1 saturated heterocycles. The van der Waals surface area contributed by atoms with E-state index in [1.807, 2.05) is 6.07 Å². The SMILES string of the molecule is Cc1ccc(Cc2cnc(NC(=O)C3CCCN3)s2)cc1F.Cl. The predicted octanol–water partition coefficient (Wildman–Crippen LogP) is 3.29. The molecule has 3 rings (SSSR count). The third-order valence-corrected chi connectivity index (χ3v) is 4.69. The van der Waals surface area contributed by atoms with Gasteiger partial charge in [-0.25, -0.2) is 9.37 Å². The number of thiazole rings is 1. The highest BCUT2D eigenvalue weighted by Crippen LogP contribution is 2.22. The Morgan fingerprint density at radius 1 is 1.52 bits per heavy atom. The van der Waals surface area contributed by atoms with Crippen LogP contribution in [0.15, 0.2) is 24.4 Å². The van der Waals surface area contributed by atoms with Crippen molar-refractivity contribution in [3.63, 3.8) is 0 Å². The van der Waals surface area contributed by atoms with Gasteiger partial charge in [0.15, 0.2) is 5.13 Å². The molecule has 0 bridgehead atoms. The Hall–Kier alpha value is -1.50. The maximum absolute atomic E-state index is 13.6. The molecule has 1 atom stereocenters. The first kappa shape index (κ1) is 17.8. The highest BCUT2D eigenvalue weighted by atomic mass is 35.5. The van der Waals surface area contributed by atoms with Crippen LogP contribution in [0.3, 0.4) is 0 Å². The molecule has 1 unspecified atom stereocenters. The van der Waals surface area contributed by atoms with Crippen LogP contribution in [0.5, 0.6) is 0 Å². The van der Waals surface area contributed by atoms with Gasteiger partial charge in [-0.05, 0) is 43.5 Å². The van der Waals surface area contributed by atoms with Gasteiger partial charge in [0.25, 0.3) is 0 Å². The number of hydrogen-bond acceptors (Lipinski definition) is 4.